The molecule has 4 heteroatoms. The van der Waals surface area contributed by atoms with Crippen molar-refractivity contribution in [3.63, 3.8) is 0 Å². The number of benzene rings is 1. The third kappa shape index (κ3) is 4.24. The zero-order chi connectivity index (χ0) is 13.9. The molecule has 1 heterocycles. The minimum absolute atomic E-state index is 0.0884. The number of amides is 1. The lowest BCUT2D eigenvalue weighted by molar-refractivity contribution is -0.119. The number of carbonyl (C=O) groups excluding carboxylic acids is 1. The highest BCUT2D eigenvalue weighted by molar-refractivity contribution is 5.92. The van der Waals surface area contributed by atoms with Gasteiger partial charge in [0.2, 0.25) is 5.91 Å². The SMILES string of the molecule is CC(C)(C)Oc1ccc(NC(=O)C2CCNC2)cc1. The summed E-state index contributed by atoms with van der Waals surface area (Å²) in [6.07, 6.45) is 0.914. The highest BCUT2D eigenvalue weighted by Gasteiger charge is 2.22. The molecular weight excluding hydrogens is 240 g/mol. The molecule has 0 spiro atoms. The van der Waals surface area contributed by atoms with Gasteiger partial charge in [-0.3, -0.25) is 4.79 Å². The van der Waals surface area contributed by atoms with Gasteiger partial charge in [-0.2, -0.15) is 0 Å². The maximum Gasteiger partial charge on any atom is 0.228 e. The van der Waals surface area contributed by atoms with Crippen LogP contribution in [-0.2, 0) is 4.79 Å². The zero-order valence-electron chi connectivity index (χ0n) is 11.8. The van der Waals surface area contributed by atoms with Gasteiger partial charge in [-0.25, -0.2) is 0 Å². The normalized spacial score (nSPS) is 19.2. The molecule has 2 rings (SSSR count). The molecule has 1 unspecified atom stereocenters. The van der Waals surface area contributed by atoms with E-state index in [1.54, 1.807) is 0 Å². The molecule has 1 aliphatic rings. The number of nitrogens with one attached hydrogen (secondary N) is 2. The summed E-state index contributed by atoms with van der Waals surface area (Å²) in [4.78, 5) is 11.9. The number of carbonyl (C=O) groups is 1. The largest absolute Gasteiger partial charge is 0.488 e. The Hall–Kier alpha value is -1.55. The van der Waals surface area contributed by atoms with Crippen molar-refractivity contribution in [2.24, 2.45) is 5.92 Å². The molecule has 0 saturated carbocycles. The maximum absolute atomic E-state index is 11.9. The highest BCUT2D eigenvalue weighted by atomic mass is 16.5. The Bertz CT molecular complexity index is 428. The van der Waals surface area contributed by atoms with Crippen molar-refractivity contribution in [1.82, 2.24) is 5.32 Å². The van der Waals surface area contributed by atoms with Crippen molar-refractivity contribution in [2.45, 2.75) is 32.8 Å². The van der Waals surface area contributed by atoms with Gasteiger partial charge in [0.25, 0.3) is 0 Å². The molecule has 0 bridgehead atoms. The van der Waals surface area contributed by atoms with Crippen molar-refractivity contribution in [3.8, 4) is 5.75 Å². The quantitative estimate of drug-likeness (QED) is 0.879. The van der Waals surface area contributed by atoms with Gasteiger partial charge in [0, 0.05) is 12.2 Å². The smallest absolute Gasteiger partial charge is 0.228 e. The van der Waals surface area contributed by atoms with Gasteiger partial charge < -0.3 is 15.4 Å². The van der Waals surface area contributed by atoms with E-state index in [4.69, 9.17) is 4.74 Å². The third-order valence-corrected chi connectivity index (χ3v) is 2.98. The van der Waals surface area contributed by atoms with Crippen LogP contribution in [0.1, 0.15) is 27.2 Å². The van der Waals surface area contributed by atoms with Gasteiger partial charge in [0.1, 0.15) is 11.4 Å². The zero-order valence-corrected chi connectivity index (χ0v) is 11.8. The fourth-order valence-electron chi connectivity index (χ4n) is 2.08. The van der Waals surface area contributed by atoms with E-state index in [1.807, 2.05) is 45.0 Å². The second kappa shape index (κ2) is 5.61. The molecular formula is C15H22N2O2. The van der Waals surface area contributed by atoms with Crippen LogP contribution in [0.2, 0.25) is 0 Å². The first-order valence-corrected chi connectivity index (χ1v) is 6.75. The number of rotatable bonds is 3. The molecule has 1 fully saturated rings. The first-order valence-electron chi connectivity index (χ1n) is 6.75. The molecule has 1 aromatic carbocycles. The first-order chi connectivity index (χ1) is 8.94. The van der Waals surface area contributed by atoms with E-state index in [1.165, 1.54) is 0 Å². The Morgan fingerprint density at radius 2 is 2.00 bits per heavy atom. The third-order valence-electron chi connectivity index (χ3n) is 2.98. The number of hydrogen-bond donors (Lipinski definition) is 2. The van der Waals surface area contributed by atoms with Gasteiger partial charge in [0.05, 0.1) is 5.92 Å². The van der Waals surface area contributed by atoms with Crippen LogP contribution >= 0.6 is 0 Å². The topological polar surface area (TPSA) is 50.4 Å². The van der Waals surface area contributed by atoms with Crippen LogP contribution in [-0.4, -0.2) is 24.6 Å². The van der Waals surface area contributed by atoms with Crippen molar-refractivity contribution >= 4 is 11.6 Å². The van der Waals surface area contributed by atoms with E-state index in [0.29, 0.717) is 0 Å². The lowest BCUT2D eigenvalue weighted by Crippen LogP contribution is -2.24. The van der Waals surface area contributed by atoms with Crippen molar-refractivity contribution in [3.05, 3.63) is 24.3 Å². The van der Waals surface area contributed by atoms with Gasteiger partial charge in [-0.1, -0.05) is 0 Å². The fraction of sp³-hybridized carbons (Fsp3) is 0.533. The predicted octanol–water partition coefficient (Wildman–Crippen LogP) is 2.41. The molecule has 104 valence electrons. The second-order valence-electron chi connectivity index (χ2n) is 5.92. The van der Waals surface area contributed by atoms with Crippen LogP contribution in [0.25, 0.3) is 0 Å². The van der Waals surface area contributed by atoms with Crippen LogP contribution in [0.5, 0.6) is 5.75 Å². The molecule has 1 amide bonds. The Labute approximate surface area is 114 Å². The van der Waals surface area contributed by atoms with Crippen molar-refractivity contribution in [1.29, 1.82) is 0 Å². The molecule has 1 aromatic rings. The maximum atomic E-state index is 11.9. The van der Waals surface area contributed by atoms with E-state index in [2.05, 4.69) is 10.6 Å². The van der Waals surface area contributed by atoms with E-state index in [0.717, 1.165) is 30.9 Å². The Morgan fingerprint density at radius 3 is 2.53 bits per heavy atom. The molecule has 0 aromatic heterocycles. The van der Waals surface area contributed by atoms with Crippen LogP contribution in [0.15, 0.2) is 24.3 Å². The summed E-state index contributed by atoms with van der Waals surface area (Å²) in [5.74, 6) is 0.994. The van der Waals surface area contributed by atoms with Gasteiger partial charge in [-0.15, -0.1) is 0 Å². The Kier molecular flexibility index (Phi) is 4.10. The predicted molar refractivity (Wildman–Crippen MR) is 76.4 cm³/mol. The Balaban J connectivity index is 1.93. The van der Waals surface area contributed by atoms with E-state index in [9.17, 15) is 4.79 Å². The molecule has 19 heavy (non-hydrogen) atoms. The van der Waals surface area contributed by atoms with E-state index in [-0.39, 0.29) is 17.4 Å². The van der Waals surface area contributed by atoms with Crippen molar-refractivity contribution in [2.75, 3.05) is 18.4 Å². The van der Waals surface area contributed by atoms with E-state index >= 15 is 0 Å². The summed E-state index contributed by atoms with van der Waals surface area (Å²) in [7, 11) is 0. The molecule has 1 atom stereocenters. The van der Waals surface area contributed by atoms with Gasteiger partial charge in [0.15, 0.2) is 0 Å². The first kappa shape index (κ1) is 13.9. The summed E-state index contributed by atoms with van der Waals surface area (Å²) in [6.45, 7) is 7.73. The number of anilines is 1. The fourth-order valence-corrected chi connectivity index (χ4v) is 2.08. The lowest BCUT2D eigenvalue weighted by atomic mass is 10.1. The Morgan fingerprint density at radius 1 is 1.32 bits per heavy atom. The summed E-state index contributed by atoms with van der Waals surface area (Å²) in [5, 5.41) is 6.13. The van der Waals surface area contributed by atoms with Crippen LogP contribution in [0.4, 0.5) is 5.69 Å². The summed E-state index contributed by atoms with van der Waals surface area (Å²) >= 11 is 0. The summed E-state index contributed by atoms with van der Waals surface area (Å²) in [6, 6.07) is 7.52. The summed E-state index contributed by atoms with van der Waals surface area (Å²) < 4.78 is 5.74. The van der Waals surface area contributed by atoms with Crippen LogP contribution < -0.4 is 15.4 Å². The number of hydrogen-bond acceptors (Lipinski definition) is 3. The molecule has 0 radical (unpaired) electrons. The van der Waals surface area contributed by atoms with Crippen LogP contribution in [0, 0.1) is 5.92 Å². The average molecular weight is 262 g/mol. The molecule has 0 aliphatic carbocycles. The number of ether oxygens (including phenoxy) is 1. The molecule has 4 nitrogen and oxygen atoms in total. The summed E-state index contributed by atoms with van der Waals surface area (Å²) in [5.41, 5.74) is 0.610. The molecule has 1 saturated heterocycles. The van der Waals surface area contributed by atoms with Crippen LogP contribution in [0.3, 0.4) is 0 Å². The lowest BCUT2D eigenvalue weighted by Gasteiger charge is -2.21. The minimum Gasteiger partial charge on any atom is -0.488 e. The van der Waals surface area contributed by atoms with Gasteiger partial charge >= 0.3 is 0 Å². The standard InChI is InChI=1S/C15H22N2O2/c1-15(2,3)19-13-6-4-12(5-7-13)17-14(18)11-8-9-16-10-11/h4-7,11,16H,8-10H2,1-3H3,(H,17,18). The monoisotopic (exact) mass is 262 g/mol. The average Bonchev–Trinajstić information content (AvgIpc) is 2.83. The van der Waals surface area contributed by atoms with Crippen molar-refractivity contribution < 1.29 is 9.53 Å². The van der Waals surface area contributed by atoms with E-state index < -0.39 is 0 Å². The molecule has 2 N–H and O–H groups in total. The highest BCUT2D eigenvalue weighted by Crippen LogP contribution is 2.21. The molecule has 1 aliphatic heterocycles. The minimum atomic E-state index is -0.208. The van der Waals surface area contributed by atoms with Gasteiger partial charge in [-0.05, 0) is 58.0 Å². The second-order valence-corrected chi connectivity index (χ2v) is 5.92.